The molecular formula is C15H14N2OS3. The maximum Gasteiger partial charge on any atom is 0.183 e. The smallest absolute Gasteiger partial charge is 0.183 e. The van der Waals surface area contributed by atoms with Gasteiger partial charge in [-0.2, -0.15) is 0 Å². The van der Waals surface area contributed by atoms with E-state index in [0.29, 0.717) is 5.75 Å². The highest BCUT2D eigenvalue weighted by Crippen LogP contribution is 2.31. The molecule has 3 rings (SSSR count). The topological polar surface area (TPSA) is 42.9 Å². The lowest BCUT2D eigenvalue weighted by Crippen LogP contribution is -1.99. The molecule has 3 nitrogen and oxygen atoms in total. The Morgan fingerprint density at radius 3 is 2.90 bits per heavy atom. The van der Waals surface area contributed by atoms with Crippen molar-refractivity contribution < 1.29 is 4.79 Å². The molecule has 0 saturated heterocycles. The van der Waals surface area contributed by atoms with Gasteiger partial charge in [-0.05, 0) is 31.5 Å². The average Bonchev–Trinajstić information content (AvgIpc) is 3.09. The van der Waals surface area contributed by atoms with Crippen molar-refractivity contribution in [3.05, 3.63) is 39.2 Å². The van der Waals surface area contributed by atoms with Gasteiger partial charge >= 0.3 is 0 Å². The van der Waals surface area contributed by atoms with Crippen molar-refractivity contribution in [2.45, 2.75) is 25.3 Å². The number of thiophene rings is 2. The van der Waals surface area contributed by atoms with Crippen LogP contribution in [0.25, 0.3) is 10.2 Å². The number of fused-ring (bicyclic) bond motifs is 1. The molecule has 0 aromatic carbocycles. The molecule has 0 N–H and O–H groups in total. The van der Waals surface area contributed by atoms with Gasteiger partial charge in [-0.25, -0.2) is 9.97 Å². The Balaban J connectivity index is 1.75. The largest absolute Gasteiger partial charge is 0.292 e. The number of hydrogen-bond acceptors (Lipinski definition) is 6. The summed E-state index contributed by atoms with van der Waals surface area (Å²) < 4.78 is 0. The highest BCUT2D eigenvalue weighted by atomic mass is 32.2. The van der Waals surface area contributed by atoms with Crippen LogP contribution < -0.4 is 0 Å². The summed E-state index contributed by atoms with van der Waals surface area (Å²) in [5, 5.41) is 1.95. The van der Waals surface area contributed by atoms with Gasteiger partial charge in [-0.1, -0.05) is 18.7 Å². The van der Waals surface area contributed by atoms with E-state index < -0.39 is 0 Å². The van der Waals surface area contributed by atoms with Gasteiger partial charge in [0.25, 0.3) is 0 Å². The first kappa shape index (κ1) is 14.7. The minimum absolute atomic E-state index is 0.170. The van der Waals surface area contributed by atoms with E-state index in [4.69, 9.17) is 0 Å². The Hall–Kier alpha value is -1.24. The number of Topliss-reactive ketones (excluding diaryl/α,β-unsaturated/α-hetero) is 1. The summed E-state index contributed by atoms with van der Waals surface area (Å²) >= 11 is 4.74. The first-order valence-corrected chi connectivity index (χ1v) is 9.25. The van der Waals surface area contributed by atoms with Crippen molar-refractivity contribution in [3.8, 4) is 0 Å². The lowest BCUT2D eigenvalue weighted by molar-refractivity contribution is 0.102. The van der Waals surface area contributed by atoms with Crippen LogP contribution in [0.4, 0.5) is 0 Å². The van der Waals surface area contributed by atoms with Crippen LogP contribution in [0.15, 0.2) is 29.6 Å². The normalized spacial score (nSPS) is 11.1. The van der Waals surface area contributed by atoms with Crippen LogP contribution in [0.5, 0.6) is 0 Å². The number of carbonyl (C=O) groups is 1. The summed E-state index contributed by atoms with van der Waals surface area (Å²) in [7, 11) is 0. The SMILES string of the molecule is CCc1ccc(C(=O)CSc2ncnc3sc(C)cc23)s1. The molecule has 3 aromatic heterocycles. The second kappa shape index (κ2) is 6.25. The van der Waals surface area contributed by atoms with E-state index in [0.717, 1.165) is 26.5 Å². The van der Waals surface area contributed by atoms with E-state index in [2.05, 4.69) is 29.9 Å². The molecule has 0 atom stereocenters. The maximum atomic E-state index is 12.2. The molecule has 21 heavy (non-hydrogen) atoms. The molecule has 6 heteroatoms. The molecule has 3 heterocycles. The average molecular weight is 334 g/mol. The predicted molar refractivity (Wildman–Crippen MR) is 90.9 cm³/mol. The quantitative estimate of drug-likeness (QED) is 0.388. The Labute approximate surface area is 135 Å². The van der Waals surface area contributed by atoms with Gasteiger partial charge < -0.3 is 0 Å². The Bertz CT molecular complexity index is 791. The van der Waals surface area contributed by atoms with Crippen LogP contribution in [-0.4, -0.2) is 21.5 Å². The molecule has 0 saturated carbocycles. The third-order valence-corrected chi connectivity index (χ3v) is 6.28. The van der Waals surface area contributed by atoms with Gasteiger partial charge in [0.1, 0.15) is 16.2 Å². The zero-order chi connectivity index (χ0) is 14.8. The van der Waals surface area contributed by atoms with Gasteiger partial charge in [0.15, 0.2) is 5.78 Å². The zero-order valence-corrected chi connectivity index (χ0v) is 14.2. The van der Waals surface area contributed by atoms with E-state index in [1.807, 2.05) is 12.1 Å². The standard InChI is InChI=1S/C15H14N2OS3/c1-3-10-4-5-13(21-10)12(18)7-19-14-11-6-9(2)20-15(11)17-8-16-14/h4-6,8H,3,7H2,1-2H3. The van der Waals surface area contributed by atoms with Crippen molar-refractivity contribution in [2.75, 3.05) is 5.75 Å². The Morgan fingerprint density at radius 1 is 1.29 bits per heavy atom. The number of thioether (sulfide) groups is 1. The number of nitrogens with zero attached hydrogens (tertiary/aromatic N) is 2. The van der Waals surface area contributed by atoms with Gasteiger partial charge in [0.2, 0.25) is 0 Å². The lowest BCUT2D eigenvalue weighted by atomic mass is 10.3. The van der Waals surface area contributed by atoms with Gasteiger partial charge in [-0.3, -0.25) is 4.79 Å². The fraction of sp³-hybridized carbons (Fsp3) is 0.267. The Kier molecular flexibility index (Phi) is 4.37. The molecule has 0 fully saturated rings. The summed E-state index contributed by atoms with van der Waals surface area (Å²) in [5.41, 5.74) is 0. The molecular weight excluding hydrogens is 320 g/mol. The summed E-state index contributed by atoms with van der Waals surface area (Å²) in [4.78, 5) is 25.1. The van der Waals surface area contributed by atoms with Crippen molar-refractivity contribution in [2.24, 2.45) is 0 Å². The number of carbonyl (C=O) groups excluding carboxylic acids is 1. The van der Waals surface area contributed by atoms with Crippen molar-refractivity contribution in [1.82, 2.24) is 9.97 Å². The zero-order valence-electron chi connectivity index (χ0n) is 11.8. The van der Waals surface area contributed by atoms with E-state index in [9.17, 15) is 4.79 Å². The summed E-state index contributed by atoms with van der Waals surface area (Å²) in [5.74, 6) is 0.591. The number of aryl methyl sites for hydroxylation is 2. The van der Waals surface area contributed by atoms with E-state index in [-0.39, 0.29) is 5.78 Å². The van der Waals surface area contributed by atoms with Gasteiger partial charge in [0.05, 0.1) is 10.6 Å². The molecule has 0 aliphatic rings. The van der Waals surface area contributed by atoms with Crippen LogP contribution in [0.1, 0.15) is 26.3 Å². The van der Waals surface area contributed by atoms with Crippen LogP contribution in [0.2, 0.25) is 0 Å². The van der Waals surface area contributed by atoms with Crippen molar-refractivity contribution in [3.63, 3.8) is 0 Å². The molecule has 108 valence electrons. The van der Waals surface area contributed by atoms with Crippen LogP contribution in [-0.2, 0) is 6.42 Å². The minimum Gasteiger partial charge on any atom is -0.292 e. The van der Waals surface area contributed by atoms with Crippen LogP contribution >= 0.6 is 34.4 Å². The molecule has 0 radical (unpaired) electrons. The first-order chi connectivity index (χ1) is 10.2. The highest BCUT2D eigenvalue weighted by Gasteiger charge is 2.12. The van der Waals surface area contributed by atoms with E-state index >= 15 is 0 Å². The second-order valence-corrected chi connectivity index (χ2v) is 7.95. The monoisotopic (exact) mass is 334 g/mol. The van der Waals surface area contributed by atoms with E-state index in [1.165, 1.54) is 21.5 Å². The Morgan fingerprint density at radius 2 is 2.14 bits per heavy atom. The van der Waals surface area contributed by atoms with E-state index in [1.54, 1.807) is 29.0 Å². The number of aromatic nitrogens is 2. The van der Waals surface area contributed by atoms with Crippen LogP contribution in [0.3, 0.4) is 0 Å². The number of ketones is 1. The number of rotatable bonds is 5. The summed E-state index contributed by atoms with van der Waals surface area (Å²) in [6, 6.07) is 6.05. The highest BCUT2D eigenvalue weighted by molar-refractivity contribution is 8.00. The predicted octanol–water partition coefficient (Wildman–Crippen LogP) is 4.60. The summed E-state index contributed by atoms with van der Waals surface area (Å²) in [6.45, 7) is 4.16. The summed E-state index contributed by atoms with van der Waals surface area (Å²) in [6.07, 6.45) is 2.55. The first-order valence-electron chi connectivity index (χ1n) is 6.63. The third-order valence-electron chi connectivity index (χ3n) is 3.04. The molecule has 0 aliphatic heterocycles. The number of hydrogen-bond donors (Lipinski definition) is 0. The van der Waals surface area contributed by atoms with Crippen LogP contribution in [0, 0.1) is 6.92 Å². The van der Waals surface area contributed by atoms with Gasteiger partial charge in [-0.15, -0.1) is 22.7 Å². The molecule has 0 unspecified atom stereocenters. The lowest BCUT2D eigenvalue weighted by Gasteiger charge is -2.00. The molecule has 0 bridgehead atoms. The maximum absolute atomic E-state index is 12.2. The molecule has 0 amide bonds. The van der Waals surface area contributed by atoms with Crippen molar-refractivity contribution >= 4 is 50.4 Å². The fourth-order valence-electron chi connectivity index (χ4n) is 1.99. The second-order valence-electron chi connectivity index (χ2n) is 4.59. The minimum atomic E-state index is 0.170. The molecule has 3 aromatic rings. The van der Waals surface area contributed by atoms with Gasteiger partial charge in [0, 0.05) is 15.1 Å². The molecule has 0 spiro atoms. The van der Waals surface area contributed by atoms with Crippen molar-refractivity contribution in [1.29, 1.82) is 0 Å². The molecule has 0 aliphatic carbocycles. The third kappa shape index (κ3) is 3.17. The fourth-order valence-corrected chi connectivity index (χ4v) is 4.74.